The minimum Gasteiger partial charge on any atom is -0.316 e. The normalized spacial score (nSPS) is 23.2. The van der Waals surface area contributed by atoms with Crippen LogP contribution >= 0.6 is 11.6 Å². The lowest BCUT2D eigenvalue weighted by Crippen LogP contribution is -2.33. The molecule has 0 aliphatic heterocycles. The van der Waals surface area contributed by atoms with Crippen LogP contribution in [0.2, 0.25) is 5.02 Å². The summed E-state index contributed by atoms with van der Waals surface area (Å²) in [6.45, 7) is 6.87. The van der Waals surface area contributed by atoms with E-state index in [4.69, 9.17) is 11.6 Å². The molecule has 1 aliphatic rings. The van der Waals surface area contributed by atoms with Crippen molar-refractivity contribution in [1.82, 2.24) is 5.32 Å². The zero-order chi connectivity index (χ0) is 14.4. The van der Waals surface area contributed by atoms with Gasteiger partial charge in [0.15, 0.2) is 0 Å². The lowest BCUT2D eigenvalue weighted by atomic mass is 9.76. The topological polar surface area (TPSA) is 12.0 Å². The molecular formula is C18H28ClN. The Morgan fingerprint density at radius 3 is 2.65 bits per heavy atom. The second kappa shape index (κ2) is 8.05. The molecule has 0 bridgehead atoms. The molecule has 1 aliphatic carbocycles. The molecule has 1 fully saturated rings. The van der Waals surface area contributed by atoms with E-state index in [0.29, 0.717) is 0 Å². The highest BCUT2D eigenvalue weighted by Gasteiger charge is 2.24. The molecule has 20 heavy (non-hydrogen) atoms. The van der Waals surface area contributed by atoms with Crippen molar-refractivity contribution in [1.29, 1.82) is 0 Å². The standard InChI is InChI=1S/C18H28ClN/c1-14(2)12-20-13-17-8-4-3-7-16(17)10-15-6-5-9-18(19)11-15/h5-6,9,11,14,16-17,20H,3-4,7-8,10,12-13H2,1-2H3. The van der Waals surface area contributed by atoms with E-state index < -0.39 is 0 Å². The average Bonchev–Trinajstić information content (AvgIpc) is 2.40. The van der Waals surface area contributed by atoms with E-state index in [0.717, 1.165) is 29.3 Å². The molecule has 1 nitrogen and oxygen atoms in total. The third-order valence-corrected chi connectivity index (χ3v) is 4.65. The number of halogens is 1. The van der Waals surface area contributed by atoms with Gasteiger partial charge in [-0.1, -0.05) is 50.4 Å². The zero-order valence-corrected chi connectivity index (χ0v) is 13.6. The second-order valence-corrected chi connectivity index (χ2v) is 7.13. The maximum atomic E-state index is 6.11. The molecule has 2 heteroatoms. The molecule has 0 saturated heterocycles. The fraction of sp³-hybridized carbons (Fsp3) is 0.667. The van der Waals surface area contributed by atoms with Gasteiger partial charge in [0.1, 0.15) is 0 Å². The smallest absolute Gasteiger partial charge is 0.0408 e. The van der Waals surface area contributed by atoms with E-state index in [1.165, 1.54) is 44.2 Å². The SMILES string of the molecule is CC(C)CNCC1CCCCC1Cc1cccc(Cl)c1. The molecule has 0 aromatic heterocycles. The van der Waals surface area contributed by atoms with Gasteiger partial charge in [-0.3, -0.25) is 0 Å². The molecular weight excluding hydrogens is 266 g/mol. The molecule has 0 amide bonds. The summed E-state index contributed by atoms with van der Waals surface area (Å²) in [6, 6.07) is 8.40. The third kappa shape index (κ3) is 5.10. The van der Waals surface area contributed by atoms with Crippen molar-refractivity contribution in [3.05, 3.63) is 34.9 Å². The Labute approximate surface area is 129 Å². The van der Waals surface area contributed by atoms with Gasteiger partial charge in [-0.15, -0.1) is 0 Å². The van der Waals surface area contributed by atoms with Gasteiger partial charge in [0.05, 0.1) is 0 Å². The van der Waals surface area contributed by atoms with Crippen molar-refractivity contribution >= 4 is 11.6 Å². The summed E-state index contributed by atoms with van der Waals surface area (Å²) in [4.78, 5) is 0. The van der Waals surface area contributed by atoms with Crippen LogP contribution in [0.3, 0.4) is 0 Å². The fourth-order valence-electron chi connectivity index (χ4n) is 3.35. The van der Waals surface area contributed by atoms with Crippen molar-refractivity contribution in [2.75, 3.05) is 13.1 Å². The molecule has 2 unspecified atom stereocenters. The summed E-state index contributed by atoms with van der Waals surface area (Å²) < 4.78 is 0. The van der Waals surface area contributed by atoms with Gasteiger partial charge in [-0.05, 0) is 67.8 Å². The van der Waals surface area contributed by atoms with Crippen LogP contribution in [-0.2, 0) is 6.42 Å². The molecule has 0 heterocycles. The minimum atomic E-state index is 0.741. The lowest BCUT2D eigenvalue weighted by Gasteiger charge is -2.32. The quantitative estimate of drug-likeness (QED) is 0.784. The molecule has 1 aromatic carbocycles. The molecule has 1 saturated carbocycles. The maximum absolute atomic E-state index is 6.11. The molecule has 112 valence electrons. The van der Waals surface area contributed by atoms with E-state index in [1.807, 2.05) is 6.07 Å². The van der Waals surface area contributed by atoms with Gasteiger partial charge < -0.3 is 5.32 Å². The summed E-state index contributed by atoms with van der Waals surface area (Å²) in [5, 5.41) is 4.52. The van der Waals surface area contributed by atoms with Crippen LogP contribution in [0, 0.1) is 17.8 Å². The predicted molar refractivity (Wildman–Crippen MR) is 88.3 cm³/mol. The Bertz CT molecular complexity index is 402. The first kappa shape index (κ1) is 15.9. The van der Waals surface area contributed by atoms with Crippen LogP contribution in [-0.4, -0.2) is 13.1 Å². The number of benzene rings is 1. The first-order valence-electron chi connectivity index (χ1n) is 8.10. The highest BCUT2D eigenvalue weighted by atomic mass is 35.5. The summed E-state index contributed by atoms with van der Waals surface area (Å²) in [5.74, 6) is 2.40. The van der Waals surface area contributed by atoms with E-state index in [1.54, 1.807) is 0 Å². The molecule has 0 spiro atoms. The largest absolute Gasteiger partial charge is 0.316 e. The van der Waals surface area contributed by atoms with Gasteiger partial charge >= 0.3 is 0 Å². The van der Waals surface area contributed by atoms with Gasteiger partial charge in [0, 0.05) is 5.02 Å². The van der Waals surface area contributed by atoms with Crippen LogP contribution in [0.4, 0.5) is 0 Å². The Hall–Kier alpha value is -0.530. The predicted octanol–water partition coefficient (Wildman–Crippen LogP) is 4.93. The van der Waals surface area contributed by atoms with E-state index in [-0.39, 0.29) is 0 Å². The van der Waals surface area contributed by atoms with Gasteiger partial charge in [-0.2, -0.15) is 0 Å². The Balaban J connectivity index is 1.89. The first-order chi connectivity index (χ1) is 9.65. The van der Waals surface area contributed by atoms with Crippen molar-refractivity contribution in [2.45, 2.75) is 46.0 Å². The first-order valence-corrected chi connectivity index (χ1v) is 8.48. The Morgan fingerprint density at radius 1 is 1.20 bits per heavy atom. The average molecular weight is 294 g/mol. The fourth-order valence-corrected chi connectivity index (χ4v) is 3.56. The Morgan fingerprint density at radius 2 is 1.95 bits per heavy atom. The molecule has 0 radical (unpaired) electrons. The summed E-state index contributed by atoms with van der Waals surface area (Å²) >= 11 is 6.11. The monoisotopic (exact) mass is 293 g/mol. The zero-order valence-electron chi connectivity index (χ0n) is 12.9. The number of hydrogen-bond acceptors (Lipinski definition) is 1. The minimum absolute atomic E-state index is 0.741. The van der Waals surface area contributed by atoms with Gasteiger partial charge in [0.25, 0.3) is 0 Å². The van der Waals surface area contributed by atoms with Crippen molar-refractivity contribution in [3.63, 3.8) is 0 Å². The van der Waals surface area contributed by atoms with Gasteiger partial charge in [0.2, 0.25) is 0 Å². The van der Waals surface area contributed by atoms with Crippen LogP contribution in [0.15, 0.2) is 24.3 Å². The highest BCUT2D eigenvalue weighted by molar-refractivity contribution is 6.30. The van der Waals surface area contributed by atoms with Crippen LogP contribution < -0.4 is 5.32 Å². The summed E-state index contributed by atoms with van der Waals surface area (Å²) in [6.07, 6.45) is 6.75. The number of hydrogen-bond donors (Lipinski definition) is 1. The second-order valence-electron chi connectivity index (χ2n) is 6.69. The van der Waals surface area contributed by atoms with Crippen molar-refractivity contribution in [3.8, 4) is 0 Å². The van der Waals surface area contributed by atoms with Crippen LogP contribution in [0.25, 0.3) is 0 Å². The highest BCUT2D eigenvalue weighted by Crippen LogP contribution is 2.32. The lowest BCUT2D eigenvalue weighted by molar-refractivity contribution is 0.226. The van der Waals surface area contributed by atoms with Crippen LogP contribution in [0.1, 0.15) is 45.1 Å². The Kier molecular flexibility index (Phi) is 6.38. The van der Waals surface area contributed by atoms with Gasteiger partial charge in [-0.25, -0.2) is 0 Å². The molecule has 1 aromatic rings. The van der Waals surface area contributed by atoms with Crippen LogP contribution in [0.5, 0.6) is 0 Å². The number of rotatable bonds is 6. The third-order valence-electron chi connectivity index (χ3n) is 4.41. The van der Waals surface area contributed by atoms with E-state index in [9.17, 15) is 0 Å². The molecule has 1 N–H and O–H groups in total. The van der Waals surface area contributed by atoms with E-state index >= 15 is 0 Å². The summed E-state index contributed by atoms with van der Waals surface area (Å²) in [7, 11) is 0. The van der Waals surface area contributed by atoms with Crippen molar-refractivity contribution in [2.24, 2.45) is 17.8 Å². The number of nitrogens with one attached hydrogen (secondary N) is 1. The summed E-state index contributed by atoms with van der Waals surface area (Å²) in [5.41, 5.74) is 1.40. The van der Waals surface area contributed by atoms with E-state index in [2.05, 4.69) is 37.4 Å². The molecule has 2 rings (SSSR count). The maximum Gasteiger partial charge on any atom is 0.0408 e. The van der Waals surface area contributed by atoms with Crippen molar-refractivity contribution < 1.29 is 0 Å². The molecule has 2 atom stereocenters.